The Morgan fingerprint density at radius 3 is 2.59 bits per heavy atom. The zero-order valence-corrected chi connectivity index (χ0v) is 13.7. The van der Waals surface area contributed by atoms with Crippen LogP contribution in [0.5, 0.6) is 0 Å². The van der Waals surface area contributed by atoms with Gasteiger partial charge in [-0.15, -0.1) is 0 Å². The highest BCUT2D eigenvalue weighted by Crippen LogP contribution is 2.24. The van der Waals surface area contributed by atoms with Crippen molar-refractivity contribution in [2.75, 3.05) is 6.54 Å². The zero-order valence-electron chi connectivity index (χ0n) is 12.9. The number of hydrogen-bond donors (Lipinski definition) is 1. The van der Waals surface area contributed by atoms with Gasteiger partial charge in [-0.05, 0) is 55.3 Å². The van der Waals surface area contributed by atoms with Crippen LogP contribution in [0.15, 0.2) is 36.4 Å². The van der Waals surface area contributed by atoms with E-state index in [9.17, 15) is 0 Å². The van der Waals surface area contributed by atoms with Gasteiger partial charge in [0.15, 0.2) is 0 Å². The summed E-state index contributed by atoms with van der Waals surface area (Å²) in [6.45, 7) is 5.55. The molecule has 3 aromatic rings. The number of imidazole rings is 1. The molecule has 0 fully saturated rings. The molecule has 0 radical (unpaired) electrons. The summed E-state index contributed by atoms with van der Waals surface area (Å²) in [6.07, 6.45) is 0.761. The predicted octanol–water partition coefficient (Wildman–Crippen LogP) is 3.86. The molecule has 22 heavy (non-hydrogen) atoms. The third kappa shape index (κ3) is 2.74. The topological polar surface area (TPSA) is 43.8 Å². The molecule has 0 saturated heterocycles. The first-order valence-electron chi connectivity index (χ1n) is 7.50. The molecule has 0 spiro atoms. The molecule has 1 heterocycles. The number of nitrogens with zero attached hydrogens (tertiary/aromatic N) is 2. The summed E-state index contributed by atoms with van der Waals surface area (Å²) in [4.78, 5) is 4.77. The van der Waals surface area contributed by atoms with E-state index in [1.165, 1.54) is 11.1 Å². The van der Waals surface area contributed by atoms with Crippen molar-refractivity contribution >= 4 is 22.6 Å². The largest absolute Gasteiger partial charge is 0.330 e. The molecule has 4 heteroatoms. The van der Waals surface area contributed by atoms with Crippen molar-refractivity contribution in [3.05, 3.63) is 63.9 Å². The first-order valence-corrected chi connectivity index (χ1v) is 7.88. The van der Waals surface area contributed by atoms with E-state index in [0.29, 0.717) is 13.1 Å². The molecular weight excluding hydrogens is 294 g/mol. The normalized spacial score (nSPS) is 11.3. The maximum atomic E-state index is 6.32. The Kier molecular flexibility index (Phi) is 4.19. The van der Waals surface area contributed by atoms with Gasteiger partial charge < -0.3 is 10.3 Å². The molecule has 0 amide bonds. The number of hydrogen-bond acceptors (Lipinski definition) is 2. The summed E-state index contributed by atoms with van der Waals surface area (Å²) < 4.78 is 2.23. The molecular formula is C18H20ClN3. The Labute approximate surface area is 135 Å². The molecule has 0 unspecified atom stereocenters. The van der Waals surface area contributed by atoms with E-state index in [1.54, 1.807) is 0 Å². The highest BCUT2D eigenvalue weighted by molar-refractivity contribution is 6.31. The lowest BCUT2D eigenvalue weighted by Crippen LogP contribution is -2.11. The minimum atomic E-state index is 0.587. The maximum absolute atomic E-state index is 6.32. The summed E-state index contributed by atoms with van der Waals surface area (Å²) in [7, 11) is 0. The van der Waals surface area contributed by atoms with Crippen molar-refractivity contribution in [1.82, 2.24) is 9.55 Å². The fraction of sp³-hybridized carbons (Fsp3) is 0.278. The van der Waals surface area contributed by atoms with Gasteiger partial charge >= 0.3 is 0 Å². The maximum Gasteiger partial charge on any atom is 0.111 e. The molecule has 1 aromatic heterocycles. The van der Waals surface area contributed by atoms with E-state index < -0.39 is 0 Å². The Hall–Kier alpha value is -1.84. The molecule has 0 atom stereocenters. The van der Waals surface area contributed by atoms with Crippen LogP contribution in [0.2, 0.25) is 5.02 Å². The van der Waals surface area contributed by atoms with Crippen molar-refractivity contribution in [3.63, 3.8) is 0 Å². The standard InChI is InChI=1S/C18H20ClN3/c1-12-9-16-17(10-13(12)2)22(18(21-16)7-8-20)11-14-5-3-4-6-15(14)19/h3-6,9-10H,7-8,11,20H2,1-2H3. The van der Waals surface area contributed by atoms with Gasteiger partial charge in [-0.3, -0.25) is 0 Å². The van der Waals surface area contributed by atoms with Crippen molar-refractivity contribution in [3.8, 4) is 0 Å². The summed E-state index contributed by atoms with van der Waals surface area (Å²) in [6, 6.07) is 12.3. The fourth-order valence-corrected chi connectivity index (χ4v) is 2.92. The lowest BCUT2D eigenvalue weighted by molar-refractivity contribution is 0.734. The second-order valence-corrected chi connectivity index (χ2v) is 6.08. The van der Waals surface area contributed by atoms with Crippen molar-refractivity contribution in [2.45, 2.75) is 26.8 Å². The minimum absolute atomic E-state index is 0.587. The average molecular weight is 314 g/mol. The third-order valence-electron chi connectivity index (χ3n) is 4.10. The Bertz CT molecular complexity index is 821. The molecule has 0 aliphatic heterocycles. The van der Waals surface area contributed by atoms with E-state index in [1.807, 2.05) is 18.2 Å². The van der Waals surface area contributed by atoms with Gasteiger partial charge in [-0.2, -0.15) is 0 Å². The lowest BCUT2D eigenvalue weighted by Gasteiger charge is -2.11. The van der Waals surface area contributed by atoms with Crippen LogP contribution in [0.3, 0.4) is 0 Å². The molecule has 0 aliphatic carbocycles. The van der Waals surface area contributed by atoms with Gasteiger partial charge in [0, 0.05) is 11.4 Å². The van der Waals surface area contributed by atoms with Crippen LogP contribution in [0.1, 0.15) is 22.5 Å². The first kappa shape index (κ1) is 15.1. The van der Waals surface area contributed by atoms with Crippen LogP contribution in [0.4, 0.5) is 0 Å². The summed E-state index contributed by atoms with van der Waals surface area (Å²) in [5.74, 6) is 1.02. The second kappa shape index (κ2) is 6.11. The number of aromatic nitrogens is 2. The van der Waals surface area contributed by atoms with Crippen LogP contribution < -0.4 is 5.73 Å². The average Bonchev–Trinajstić information content (AvgIpc) is 2.80. The summed E-state index contributed by atoms with van der Waals surface area (Å²) in [5, 5.41) is 0.784. The fourth-order valence-electron chi connectivity index (χ4n) is 2.72. The van der Waals surface area contributed by atoms with Crippen molar-refractivity contribution < 1.29 is 0 Å². The van der Waals surface area contributed by atoms with E-state index in [2.05, 4.69) is 36.6 Å². The quantitative estimate of drug-likeness (QED) is 0.795. The smallest absolute Gasteiger partial charge is 0.111 e. The SMILES string of the molecule is Cc1cc2nc(CCN)n(Cc3ccccc3Cl)c2cc1C. The van der Waals surface area contributed by atoms with Gasteiger partial charge in [0.1, 0.15) is 5.82 Å². The Morgan fingerprint density at radius 1 is 1.14 bits per heavy atom. The third-order valence-corrected chi connectivity index (χ3v) is 4.47. The number of benzene rings is 2. The van der Waals surface area contributed by atoms with E-state index >= 15 is 0 Å². The Balaban J connectivity index is 2.15. The van der Waals surface area contributed by atoms with Gasteiger partial charge in [0.05, 0.1) is 17.6 Å². The van der Waals surface area contributed by atoms with Gasteiger partial charge in [0.2, 0.25) is 0 Å². The van der Waals surface area contributed by atoms with Crippen molar-refractivity contribution in [1.29, 1.82) is 0 Å². The van der Waals surface area contributed by atoms with Crippen LogP contribution >= 0.6 is 11.6 Å². The highest BCUT2D eigenvalue weighted by Gasteiger charge is 2.13. The summed E-state index contributed by atoms with van der Waals surface area (Å²) in [5.41, 5.74) is 11.6. The van der Waals surface area contributed by atoms with Gasteiger partial charge in [-0.1, -0.05) is 29.8 Å². The van der Waals surface area contributed by atoms with E-state index in [4.69, 9.17) is 22.3 Å². The molecule has 3 nitrogen and oxygen atoms in total. The molecule has 2 aromatic carbocycles. The van der Waals surface area contributed by atoms with Gasteiger partial charge in [0.25, 0.3) is 0 Å². The minimum Gasteiger partial charge on any atom is -0.330 e. The highest BCUT2D eigenvalue weighted by atomic mass is 35.5. The molecule has 2 N–H and O–H groups in total. The van der Waals surface area contributed by atoms with E-state index in [0.717, 1.165) is 33.9 Å². The van der Waals surface area contributed by atoms with Crippen LogP contribution in [0, 0.1) is 13.8 Å². The predicted molar refractivity (Wildman–Crippen MR) is 92.5 cm³/mol. The van der Waals surface area contributed by atoms with Crippen LogP contribution in [-0.4, -0.2) is 16.1 Å². The molecule has 0 bridgehead atoms. The van der Waals surface area contributed by atoms with Crippen molar-refractivity contribution in [2.24, 2.45) is 5.73 Å². The second-order valence-electron chi connectivity index (χ2n) is 5.67. The summed E-state index contributed by atoms with van der Waals surface area (Å²) >= 11 is 6.32. The monoisotopic (exact) mass is 313 g/mol. The number of aryl methyl sites for hydroxylation is 2. The number of rotatable bonds is 4. The van der Waals surface area contributed by atoms with Gasteiger partial charge in [-0.25, -0.2) is 4.98 Å². The number of nitrogens with two attached hydrogens (primary N) is 1. The first-order chi connectivity index (χ1) is 10.6. The molecule has 0 saturated carbocycles. The Morgan fingerprint density at radius 2 is 1.86 bits per heavy atom. The lowest BCUT2D eigenvalue weighted by atomic mass is 10.1. The molecule has 114 valence electrons. The zero-order chi connectivity index (χ0) is 15.7. The van der Waals surface area contributed by atoms with Crippen LogP contribution in [-0.2, 0) is 13.0 Å². The van der Waals surface area contributed by atoms with E-state index in [-0.39, 0.29) is 0 Å². The number of fused-ring (bicyclic) bond motifs is 1. The van der Waals surface area contributed by atoms with Crippen LogP contribution in [0.25, 0.3) is 11.0 Å². The molecule has 3 rings (SSSR count). The number of halogens is 1. The molecule has 0 aliphatic rings.